The minimum Gasteiger partial charge on any atom is -0.354 e. The van der Waals surface area contributed by atoms with E-state index < -0.39 is 11.9 Å². The molecule has 0 amide bonds. The summed E-state index contributed by atoms with van der Waals surface area (Å²) in [7, 11) is 0. The lowest BCUT2D eigenvalue weighted by molar-refractivity contribution is -0.140. The van der Waals surface area contributed by atoms with Crippen LogP contribution in [0, 0.1) is 0 Å². The molecule has 0 aliphatic rings. The van der Waals surface area contributed by atoms with Gasteiger partial charge in [0.1, 0.15) is 17.5 Å². The van der Waals surface area contributed by atoms with Gasteiger partial charge in [-0.25, -0.2) is 9.97 Å². The molecule has 0 fully saturated rings. The van der Waals surface area contributed by atoms with Crippen molar-refractivity contribution >= 4 is 21.9 Å². The number of imidazole rings is 1. The molecular formula is C20H12F3N5. The molecule has 0 saturated heterocycles. The predicted molar refractivity (Wildman–Crippen MR) is 99.4 cm³/mol. The van der Waals surface area contributed by atoms with Crippen LogP contribution in [-0.2, 0) is 6.18 Å². The number of aromatic amines is 2. The van der Waals surface area contributed by atoms with Crippen LogP contribution in [-0.4, -0.2) is 25.1 Å². The second kappa shape index (κ2) is 5.91. The van der Waals surface area contributed by atoms with Gasteiger partial charge in [0.15, 0.2) is 0 Å². The number of H-pyrrole nitrogens is 2. The number of aromatic nitrogens is 5. The van der Waals surface area contributed by atoms with Crippen molar-refractivity contribution in [1.82, 2.24) is 25.1 Å². The average Bonchev–Trinajstić information content (AvgIpc) is 3.36. The maximum absolute atomic E-state index is 13.4. The molecule has 0 bridgehead atoms. The first-order valence-corrected chi connectivity index (χ1v) is 8.45. The van der Waals surface area contributed by atoms with E-state index in [1.54, 1.807) is 18.2 Å². The Balaban J connectivity index is 1.87. The average molecular weight is 379 g/mol. The van der Waals surface area contributed by atoms with Crippen LogP contribution in [0.1, 0.15) is 5.69 Å². The number of fused-ring (bicyclic) bond motifs is 3. The number of pyridine rings is 1. The van der Waals surface area contributed by atoms with Crippen molar-refractivity contribution in [2.24, 2.45) is 0 Å². The van der Waals surface area contributed by atoms with Crippen molar-refractivity contribution in [3.63, 3.8) is 0 Å². The third-order valence-corrected chi connectivity index (χ3v) is 4.67. The topological polar surface area (TPSA) is 70.2 Å². The molecule has 3 heterocycles. The molecule has 5 aromatic rings. The fourth-order valence-corrected chi connectivity index (χ4v) is 3.44. The molecule has 3 aromatic heterocycles. The highest BCUT2D eigenvalue weighted by atomic mass is 19.4. The maximum Gasteiger partial charge on any atom is 0.433 e. The Morgan fingerprint density at radius 2 is 1.71 bits per heavy atom. The summed E-state index contributed by atoms with van der Waals surface area (Å²) in [6, 6.07) is 14.8. The molecule has 0 aliphatic heterocycles. The number of hydrogen-bond acceptors (Lipinski definition) is 3. The van der Waals surface area contributed by atoms with Crippen LogP contribution < -0.4 is 0 Å². The zero-order chi connectivity index (χ0) is 19.3. The number of rotatable bonds is 2. The highest BCUT2D eigenvalue weighted by Crippen LogP contribution is 2.39. The second-order valence-electron chi connectivity index (χ2n) is 6.35. The summed E-state index contributed by atoms with van der Waals surface area (Å²) in [4.78, 5) is 11.7. The molecule has 5 rings (SSSR count). The third-order valence-electron chi connectivity index (χ3n) is 4.67. The molecule has 28 heavy (non-hydrogen) atoms. The van der Waals surface area contributed by atoms with Gasteiger partial charge in [0.25, 0.3) is 0 Å². The minimum absolute atomic E-state index is 0.0414. The van der Waals surface area contributed by atoms with Gasteiger partial charge in [0.05, 0.1) is 17.4 Å². The Labute approximate surface area is 156 Å². The van der Waals surface area contributed by atoms with Crippen LogP contribution in [0.25, 0.3) is 44.3 Å². The van der Waals surface area contributed by atoms with Gasteiger partial charge in [-0.05, 0) is 29.3 Å². The Morgan fingerprint density at radius 3 is 2.50 bits per heavy atom. The first-order chi connectivity index (χ1) is 13.5. The van der Waals surface area contributed by atoms with Crippen LogP contribution in [0.2, 0.25) is 0 Å². The van der Waals surface area contributed by atoms with Crippen molar-refractivity contribution in [2.45, 2.75) is 6.18 Å². The number of nitrogens with one attached hydrogen (secondary N) is 2. The van der Waals surface area contributed by atoms with Crippen molar-refractivity contribution in [1.29, 1.82) is 0 Å². The summed E-state index contributed by atoms with van der Waals surface area (Å²) in [5.74, 6) is 0. The molecule has 0 saturated carbocycles. The van der Waals surface area contributed by atoms with E-state index in [1.807, 2.05) is 30.3 Å². The number of hydrogen-bond donors (Lipinski definition) is 2. The van der Waals surface area contributed by atoms with Gasteiger partial charge >= 0.3 is 6.18 Å². The van der Waals surface area contributed by atoms with Crippen LogP contribution in [0.15, 0.2) is 61.1 Å². The number of halogens is 3. The molecule has 0 radical (unpaired) electrons. The highest BCUT2D eigenvalue weighted by molar-refractivity contribution is 6.11. The lowest BCUT2D eigenvalue weighted by atomic mass is 9.97. The van der Waals surface area contributed by atoms with Crippen molar-refractivity contribution < 1.29 is 13.2 Å². The van der Waals surface area contributed by atoms with E-state index in [9.17, 15) is 13.2 Å². The largest absolute Gasteiger partial charge is 0.433 e. The van der Waals surface area contributed by atoms with Crippen LogP contribution in [0.4, 0.5) is 13.2 Å². The summed E-state index contributed by atoms with van der Waals surface area (Å²) < 4.78 is 40.1. The molecule has 138 valence electrons. The third kappa shape index (κ3) is 2.53. The van der Waals surface area contributed by atoms with Crippen LogP contribution in [0.5, 0.6) is 0 Å². The first-order valence-electron chi connectivity index (χ1n) is 8.45. The number of benzene rings is 2. The lowest BCUT2D eigenvalue weighted by Crippen LogP contribution is -2.07. The fraction of sp³-hybridized carbons (Fsp3) is 0.0500. The van der Waals surface area contributed by atoms with Crippen molar-refractivity contribution in [3.05, 3.63) is 66.7 Å². The lowest BCUT2D eigenvalue weighted by Gasteiger charge is -2.13. The molecule has 0 spiro atoms. The van der Waals surface area contributed by atoms with Crippen LogP contribution >= 0.6 is 0 Å². The Morgan fingerprint density at radius 1 is 0.893 bits per heavy atom. The Hall–Kier alpha value is -3.68. The van der Waals surface area contributed by atoms with Gasteiger partial charge in [-0.15, -0.1) is 0 Å². The van der Waals surface area contributed by atoms with Gasteiger partial charge in [-0.3, -0.25) is 5.10 Å². The molecule has 0 unspecified atom stereocenters. The Kier molecular flexibility index (Phi) is 3.48. The molecule has 5 nitrogen and oxygen atoms in total. The normalized spacial score (nSPS) is 12.1. The summed E-state index contributed by atoms with van der Waals surface area (Å²) in [6.07, 6.45) is -1.89. The zero-order valence-corrected chi connectivity index (χ0v) is 14.2. The summed E-state index contributed by atoms with van der Waals surface area (Å²) in [6.45, 7) is 0. The zero-order valence-electron chi connectivity index (χ0n) is 14.2. The van der Waals surface area contributed by atoms with E-state index in [4.69, 9.17) is 0 Å². The molecule has 8 heteroatoms. The van der Waals surface area contributed by atoms with E-state index in [-0.39, 0.29) is 5.56 Å². The molecular weight excluding hydrogens is 367 g/mol. The highest BCUT2D eigenvalue weighted by Gasteiger charge is 2.36. The van der Waals surface area contributed by atoms with Crippen molar-refractivity contribution in [3.8, 4) is 22.4 Å². The van der Waals surface area contributed by atoms with Crippen LogP contribution in [0.3, 0.4) is 0 Å². The number of alkyl halides is 3. The quantitative estimate of drug-likeness (QED) is 0.444. The van der Waals surface area contributed by atoms with E-state index in [0.717, 1.165) is 22.0 Å². The van der Waals surface area contributed by atoms with Gasteiger partial charge in [0, 0.05) is 16.5 Å². The molecule has 2 aromatic carbocycles. The van der Waals surface area contributed by atoms with E-state index >= 15 is 0 Å². The van der Waals surface area contributed by atoms with E-state index in [2.05, 4.69) is 25.1 Å². The van der Waals surface area contributed by atoms with E-state index in [1.165, 1.54) is 12.5 Å². The van der Waals surface area contributed by atoms with Crippen molar-refractivity contribution in [2.75, 3.05) is 0 Å². The predicted octanol–water partition coefficient (Wildman–Crippen LogP) is 5.19. The number of nitrogens with zero attached hydrogens (tertiary/aromatic N) is 3. The summed E-state index contributed by atoms with van der Waals surface area (Å²) >= 11 is 0. The maximum atomic E-state index is 13.4. The van der Waals surface area contributed by atoms with Gasteiger partial charge < -0.3 is 4.98 Å². The summed E-state index contributed by atoms with van der Waals surface area (Å²) in [5, 5.41) is 6.47. The molecule has 0 atom stereocenters. The van der Waals surface area contributed by atoms with Gasteiger partial charge in [0.2, 0.25) is 0 Å². The molecule has 2 N–H and O–H groups in total. The second-order valence-corrected chi connectivity index (χ2v) is 6.35. The monoisotopic (exact) mass is 379 g/mol. The standard InChI is InChI=1S/C20H12F3N5/c21-20(22,23)19-13(9-26-28-19)16-8-12(11-4-2-1-3-5-11)17-14(27-16)6-7-15-18(17)25-10-24-15/h1-10,27H,(H,26,28). The molecule has 0 aliphatic carbocycles. The van der Waals surface area contributed by atoms with Gasteiger partial charge in [-0.1, -0.05) is 30.3 Å². The first kappa shape index (κ1) is 16.5. The fourth-order valence-electron chi connectivity index (χ4n) is 3.44. The van der Waals surface area contributed by atoms with E-state index in [0.29, 0.717) is 16.7 Å². The minimum atomic E-state index is -4.54. The van der Waals surface area contributed by atoms with Gasteiger partial charge in [-0.2, -0.15) is 18.3 Å². The SMILES string of the molecule is FC(F)(F)c1[nH]ncc1-c1cc(-c2ccccc2)c2c(ccc3ncnc32)[nH]1. The smallest absolute Gasteiger partial charge is 0.354 e. The summed E-state index contributed by atoms with van der Waals surface area (Å²) in [5.41, 5.74) is 3.11. The Bertz CT molecular complexity index is 1300.